The van der Waals surface area contributed by atoms with E-state index < -0.39 is 11.7 Å². The molecular formula is C15H16F3NO. The lowest BCUT2D eigenvalue weighted by atomic mass is 9.88. The Balaban J connectivity index is 1.70. The number of carbonyl (C=O) groups excluding carboxylic acids is 1. The molecular weight excluding hydrogens is 267 g/mol. The van der Waals surface area contributed by atoms with Gasteiger partial charge in [0, 0.05) is 11.6 Å². The predicted molar refractivity (Wildman–Crippen MR) is 69.0 cm³/mol. The Hall–Kier alpha value is -1.52. The third kappa shape index (κ3) is 2.53. The second-order valence-electron chi connectivity index (χ2n) is 5.85. The van der Waals surface area contributed by atoms with Crippen LogP contribution in [0.2, 0.25) is 0 Å². The van der Waals surface area contributed by atoms with Crippen molar-refractivity contribution < 1.29 is 18.0 Å². The number of halogens is 3. The van der Waals surface area contributed by atoms with Gasteiger partial charge in [-0.2, -0.15) is 13.2 Å². The van der Waals surface area contributed by atoms with E-state index >= 15 is 0 Å². The summed E-state index contributed by atoms with van der Waals surface area (Å²) in [6.45, 7) is 0. The van der Waals surface area contributed by atoms with Gasteiger partial charge in [0.15, 0.2) is 0 Å². The number of hydrogen-bond donors (Lipinski definition) is 1. The topological polar surface area (TPSA) is 29.1 Å². The minimum Gasteiger partial charge on any atom is -0.326 e. The zero-order chi connectivity index (χ0) is 14.3. The van der Waals surface area contributed by atoms with Gasteiger partial charge in [-0.3, -0.25) is 4.79 Å². The molecule has 3 atom stereocenters. The number of benzene rings is 1. The van der Waals surface area contributed by atoms with E-state index in [0.717, 1.165) is 31.4 Å². The van der Waals surface area contributed by atoms with E-state index in [-0.39, 0.29) is 17.5 Å². The smallest absolute Gasteiger partial charge is 0.326 e. The lowest BCUT2D eigenvalue weighted by Crippen LogP contribution is -2.27. The van der Waals surface area contributed by atoms with Gasteiger partial charge in [0.2, 0.25) is 5.91 Å². The van der Waals surface area contributed by atoms with Crippen LogP contribution < -0.4 is 5.32 Å². The highest BCUT2D eigenvalue weighted by molar-refractivity contribution is 5.93. The second-order valence-corrected chi connectivity index (χ2v) is 5.85. The Morgan fingerprint density at radius 1 is 1.20 bits per heavy atom. The SMILES string of the molecule is O=C(Nc1cccc(C(F)(F)F)c1)[C@H]1C[C@H]2CC[C@@H]1C2. The van der Waals surface area contributed by atoms with Gasteiger partial charge in [-0.1, -0.05) is 12.5 Å². The fourth-order valence-electron chi connectivity index (χ4n) is 3.57. The van der Waals surface area contributed by atoms with Gasteiger partial charge in [-0.05, 0) is 49.3 Å². The minimum absolute atomic E-state index is 0.0247. The molecule has 0 radical (unpaired) electrons. The molecule has 2 saturated carbocycles. The first kappa shape index (κ1) is 13.5. The highest BCUT2D eigenvalue weighted by Crippen LogP contribution is 2.48. The molecule has 2 aliphatic rings. The average molecular weight is 283 g/mol. The van der Waals surface area contributed by atoms with Crippen molar-refractivity contribution in [3.63, 3.8) is 0 Å². The van der Waals surface area contributed by atoms with Crippen LogP contribution in [0.5, 0.6) is 0 Å². The summed E-state index contributed by atoms with van der Waals surface area (Å²) in [5, 5.41) is 2.64. The lowest BCUT2D eigenvalue weighted by Gasteiger charge is -2.21. The summed E-state index contributed by atoms with van der Waals surface area (Å²) in [5.74, 6) is 0.905. The lowest BCUT2D eigenvalue weighted by molar-refractivity contribution is -0.137. The molecule has 20 heavy (non-hydrogen) atoms. The summed E-state index contributed by atoms with van der Waals surface area (Å²) < 4.78 is 37.8. The number of amides is 1. The van der Waals surface area contributed by atoms with Crippen molar-refractivity contribution in [2.24, 2.45) is 17.8 Å². The number of hydrogen-bond acceptors (Lipinski definition) is 1. The summed E-state index contributed by atoms with van der Waals surface area (Å²) in [6.07, 6.45) is -0.132. The first-order chi connectivity index (χ1) is 9.43. The summed E-state index contributed by atoms with van der Waals surface area (Å²) in [4.78, 5) is 12.2. The molecule has 1 amide bonds. The Kier molecular flexibility index (Phi) is 3.22. The zero-order valence-electron chi connectivity index (χ0n) is 10.9. The minimum atomic E-state index is -4.38. The van der Waals surface area contributed by atoms with Gasteiger partial charge < -0.3 is 5.32 Å². The van der Waals surface area contributed by atoms with Crippen molar-refractivity contribution in [2.75, 3.05) is 5.32 Å². The van der Waals surface area contributed by atoms with E-state index in [9.17, 15) is 18.0 Å². The van der Waals surface area contributed by atoms with E-state index in [1.54, 1.807) is 0 Å². The van der Waals surface area contributed by atoms with Crippen LogP contribution in [0.15, 0.2) is 24.3 Å². The van der Waals surface area contributed by atoms with E-state index in [2.05, 4.69) is 5.32 Å². The molecule has 5 heteroatoms. The van der Waals surface area contributed by atoms with Gasteiger partial charge in [0.05, 0.1) is 5.56 Å². The molecule has 108 valence electrons. The second kappa shape index (κ2) is 4.79. The Bertz CT molecular complexity index is 526. The van der Waals surface area contributed by atoms with Crippen molar-refractivity contribution >= 4 is 11.6 Å². The molecule has 0 heterocycles. The molecule has 1 aromatic carbocycles. The van der Waals surface area contributed by atoms with E-state index in [1.807, 2.05) is 0 Å². The molecule has 2 aliphatic carbocycles. The Morgan fingerprint density at radius 2 is 2.00 bits per heavy atom. The highest BCUT2D eigenvalue weighted by atomic mass is 19.4. The Labute approximate surface area is 115 Å². The first-order valence-corrected chi connectivity index (χ1v) is 6.91. The standard InChI is InChI=1S/C15H16F3NO/c16-15(17,18)11-2-1-3-12(8-11)19-14(20)13-7-9-4-5-10(13)6-9/h1-3,8-10,13H,4-7H2,(H,19,20)/t9-,10+,13-/m0/s1. The molecule has 0 spiro atoms. The number of fused-ring (bicyclic) bond motifs is 2. The van der Waals surface area contributed by atoms with Crippen molar-refractivity contribution in [3.8, 4) is 0 Å². The van der Waals surface area contributed by atoms with Crippen molar-refractivity contribution in [3.05, 3.63) is 29.8 Å². The van der Waals surface area contributed by atoms with Gasteiger partial charge in [0.25, 0.3) is 0 Å². The molecule has 1 aromatic rings. The van der Waals surface area contributed by atoms with Crippen LogP contribution in [0.25, 0.3) is 0 Å². The summed E-state index contributed by atoms with van der Waals surface area (Å²) in [7, 11) is 0. The van der Waals surface area contributed by atoms with Crippen molar-refractivity contribution in [2.45, 2.75) is 31.9 Å². The van der Waals surface area contributed by atoms with Crippen molar-refractivity contribution in [1.82, 2.24) is 0 Å². The summed E-state index contributed by atoms with van der Waals surface area (Å²) >= 11 is 0. The highest BCUT2D eigenvalue weighted by Gasteiger charge is 2.43. The van der Waals surface area contributed by atoms with Crippen LogP contribution in [-0.2, 0) is 11.0 Å². The molecule has 0 unspecified atom stereocenters. The van der Waals surface area contributed by atoms with E-state index in [4.69, 9.17) is 0 Å². The van der Waals surface area contributed by atoms with Crippen molar-refractivity contribution in [1.29, 1.82) is 0 Å². The number of alkyl halides is 3. The normalized spacial score (nSPS) is 28.6. The predicted octanol–water partition coefficient (Wildman–Crippen LogP) is 4.08. The average Bonchev–Trinajstić information content (AvgIpc) is 3.00. The van der Waals surface area contributed by atoms with Crippen LogP contribution in [0.4, 0.5) is 18.9 Å². The molecule has 2 nitrogen and oxygen atoms in total. The molecule has 2 fully saturated rings. The summed E-state index contributed by atoms with van der Waals surface area (Å²) in [6, 6.07) is 4.82. The monoisotopic (exact) mass is 283 g/mol. The van der Waals surface area contributed by atoms with E-state index in [1.165, 1.54) is 18.6 Å². The van der Waals surface area contributed by atoms with Gasteiger partial charge in [-0.25, -0.2) is 0 Å². The van der Waals surface area contributed by atoms with Crippen LogP contribution in [-0.4, -0.2) is 5.91 Å². The third-order valence-electron chi connectivity index (χ3n) is 4.53. The first-order valence-electron chi connectivity index (χ1n) is 6.91. The van der Waals surface area contributed by atoms with Crippen LogP contribution in [0.3, 0.4) is 0 Å². The van der Waals surface area contributed by atoms with Crippen LogP contribution in [0, 0.1) is 17.8 Å². The maximum Gasteiger partial charge on any atom is 0.416 e. The maximum atomic E-state index is 12.6. The Morgan fingerprint density at radius 3 is 2.60 bits per heavy atom. The third-order valence-corrected chi connectivity index (χ3v) is 4.53. The van der Waals surface area contributed by atoms with Gasteiger partial charge >= 0.3 is 6.18 Å². The largest absolute Gasteiger partial charge is 0.416 e. The molecule has 0 aromatic heterocycles. The fraction of sp³-hybridized carbons (Fsp3) is 0.533. The summed E-state index contributed by atoms with van der Waals surface area (Å²) in [5.41, 5.74) is -0.504. The van der Waals surface area contributed by atoms with Crippen LogP contribution in [0.1, 0.15) is 31.2 Å². The number of nitrogens with one attached hydrogen (secondary N) is 1. The van der Waals surface area contributed by atoms with Gasteiger partial charge in [-0.15, -0.1) is 0 Å². The molecule has 2 bridgehead atoms. The quantitative estimate of drug-likeness (QED) is 0.870. The van der Waals surface area contributed by atoms with Crippen LogP contribution >= 0.6 is 0 Å². The van der Waals surface area contributed by atoms with Gasteiger partial charge in [0.1, 0.15) is 0 Å². The zero-order valence-corrected chi connectivity index (χ0v) is 10.9. The maximum absolute atomic E-state index is 12.6. The molecule has 1 N–H and O–H groups in total. The molecule has 3 rings (SSSR count). The number of anilines is 1. The molecule has 0 aliphatic heterocycles. The number of rotatable bonds is 2. The fourth-order valence-corrected chi connectivity index (χ4v) is 3.57. The number of carbonyl (C=O) groups is 1. The molecule has 0 saturated heterocycles. The van der Waals surface area contributed by atoms with E-state index in [0.29, 0.717) is 11.8 Å².